The summed E-state index contributed by atoms with van der Waals surface area (Å²) >= 11 is 0. The molecule has 0 bridgehead atoms. The smallest absolute Gasteiger partial charge is 0.0760 e. The van der Waals surface area contributed by atoms with Crippen molar-refractivity contribution < 1.29 is 5.11 Å². The van der Waals surface area contributed by atoms with Gasteiger partial charge in [-0.15, -0.1) is 0 Å². The normalized spacial score (nSPS) is 34.1. The molecule has 0 aromatic heterocycles. The molecule has 0 aliphatic heterocycles. The van der Waals surface area contributed by atoms with E-state index < -0.39 is 0 Å². The molecule has 2 atom stereocenters. The van der Waals surface area contributed by atoms with Gasteiger partial charge < -0.3 is 5.11 Å². The highest BCUT2D eigenvalue weighted by molar-refractivity contribution is 5.31. The van der Waals surface area contributed by atoms with Crippen LogP contribution < -0.4 is 0 Å². The van der Waals surface area contributed by atoms with Gasteiger partial charge in [-0.3, -0.25) is 0 Å². The van der Waals surface area contributed by atoms with Crippen LogP contribution in [0.5, 0.6) is 0 Å². The molecule has 118 valence electrons. The molecule has 2 aliphatic carbocycles. The SMILES string of the molecule is CC1=C[C@@H](O)C/C(C)=C/C[C@]2(C)CCC(C(C)C)=C2CC1. The molecule has 0 fully saturated rings. The van der Waals surface area contributed by atoms with Crippen LogP contribution in [0.1, 0.15) is 73.1 Å². The highest BCUT2D eigenvalue weighted by Gasteiger charge is 2.36. The second-order valence-electron chi connectivity index (χ2n) is 7.76. The molecule has 0 amide bonds. The lowest BCUT2D eigenvalue weighted by Gasteiger charge is -2.28. The largest absolute Gasteiger partial charge is 0.389 e. The highest BCUT2D eigenvalue weighted by Crippen LogP contribution is 2.50. The van der Waals surface area contributed by atoms with Crippen molar-refractivity contribution in [3.63, 3.8) is 0 Å². The van der Waals surface area contributed by atoms with Gasteiger partial charge in [-0.05, 0) is 63.7 Å². The summed E-state index contributed by atoms with van der Waals surface area (Å²) in [5, 5.41) is 10.1. The summed E-state index contributed by atoms with van der Waals surface area (Å²) in [7, 11) is 0. The van der Waals surface area contributed by atoms with Gasteiger partial charge in [0.05, 0.1) is 6.10 Å². The predicted molar refractivity (Wildman–Crippen MR) is 91.2 cm³/mol. The summed E-state index contributed by atoms with van der Waals surface area (Å²) in [6.45, 7) is 11.5. The van der Waals surface area contributed by atoms with Crippen LogP contribution in [0.25, 0.3) is 0 Å². The number of hydrogen-bond donors (Lipinski definition) is 1. The molecule has 1 N–H and O–H groups in total. The van der Waals surface area contributed by atoms with Gasteiger partial charge in [-0.2, -0.15) is 0 Å². The first-order valence-corrected chi connectivity index (χ1v) is 8.55. The maximum Gasteiger partial charge on any atom is 0.0760 e. The van der Waals surface area contributed by atoms with E-state index in [1.807, 2.05) is 0 Å². The summed E-state index contributed by atoms with van der Waals surface area (Å²) < 4.78 is 0. The van der Waals surface area contributed by atoms with Crippen molar-refractivity contribution in [1.29, 1.82) is 0 Å². The molecule has 1 heteroatoms. The third kappa shape index (κ3) is 3.88. The second kappa shape index (κ2) is 6.52. The Morgan fingerprint density at radius 2 is 1.86 bits per heavy atom. The maximum atomic E-state index is 10.1. The highest BCUT2D eigenvalue weighted by atomic mass is 16.3. The van der Waals surface area contributed by atoms with Crippen LogP contribution in [0, 0.1) is 11.3 Å². The molecule has 2 rings (SSSR count). The minimum atomic E-state index is -0.314. The molecule has 0 spiro atoms. The van der Waals surface area contributed by atoms with Gasteiger partial charge in [0.15, 0.2) is 0 Å². The van der Waals surface area contributed by atoms with E-state index in [0.717, 1.165) is 19.3 Å². The molecular weight excluding hydrogens is 256 g/mol. The van der Waals surface area contributed by atoms with Crippen LogP contribution >= 0.6 is 0 Å². The lowest BCUT2D eigenvalue weighted by atomic mass is 9.76. The van der Waals surface area contributed by atoms with Gasteiger partial charge in [-0.25, -0.2) is 0 Å². The molecule has 0 heterocycles. The summed E-state index contributed by atoms with van der Waals surface area (Å²) in [6, 6.07) is 0. The van der Waals surface area contributed by atoms with Crippen molar-refractivity contribution >= 4 is 0 Å². The molecular formula is C20H32O. The van der Waals surface area contributed by atoms with Gasteiger partial charge in [-0.1, -0.05) is 55.2 Å². The zero-order valence-corrected chi connectivity index (χ0v) is 14.5. The molecule has 1 nitrogen and oxygen atoms in total. The zero-order valence-electron chi connectivity index (χ0n) is 14.5. The first kappa shape index (κ1) is 16.5. The minimum absolute atomic E-state index is 0.314. The van der Waals surface area contributed by atoms with E-state index in [9.17, 15) is 5.11 Å². The Labute approximate surface area is 130 Å². The van der Waals surface area contributed by atoms with Crippen LogP contribution in [0.3, 0.4) is 0 Å². The van der Waals surface area contributed by atoms with Crippen LogP contribution in [-0.4, -0.2) is 11.2 Å². The van der Waals surface area contributed by atoms with Gasteiger partial charge in [0.2, 0.25) is 0 Å². The molecule has 0 aromatic carbocycles. The topological polar surface area (TPSA) is 20.2 Å². The Morgan fingerprint density at radius 3 is 2.52 bits per heavy atom. The summed E-state index contributed by atoms with van der Waals surface area (Å²) in [5.41, 5.74) is 6.42. The number of allylic oxidation sites excluding steroid dienone is 4. The fourth-order valence-electron chi connectivity index (χ4n) is 4.03. The Hall–Kier alpha value is -0.820. The van der Waals surface area contributed by atoms with E-state index >= 15 is 0 Å². The Bertz CT molecular complexity index is 478. The van der Waals surface area contributed by atoms with Crippen LogP contribution in [0.2, 0.25) is 0 Å². The monoisotopic (exact) mass is 288 g/mol. The Balaban J connectivity index is 2.37. The van der Waals surface area contributed by atoms with Crippen LogP contribution in [-0.2, 0) is 0 Å². The standard InChI is InChI=1S/C20H32O/c1-14(2)18-9-11-20(5)10-8-16(4)13-17(21)12-15(3)6-7-19(18)20/h8,12,14,17,21H,6-7,9-11,13H2,1-5H3/b15-12?,16-8+/t17-,20-/m1/s1. The number of aliphatic hydroxyl groups is 1. The summed E-state index contributed by atoms with van der Waals surface area (Å²) in [5.74, 6) is 0.673. The van der Waals surface area contributed by atoms with E-state index in [-0.39, 0.29) is 6.10 Å². The van der Waals surface area contributed by atoms with Crippen LogP contribution in [0.15, 0.2) is 34.4 Å². The minimum Gasteiger partial charge on any atom is -0.389 e. The fourth-order valence-corrected chi connectivity index (χ4v) is 4.03. The van der Waals surface area contributed by atoms with E-state index in [1.165, 1.54) is 30.4 Å². The van der Waals surface area contributed by atoms with Crippen molar-refractivity contribution in [3.05, 3.63) is 34.4 Å². The fraction of sp³-hybridized carbons (Fsp3) is 0.700. The number of hydrogen-bond acceptors (Lipinski definition) is 1. The molecule has 0 saturated carbocycles. The van der Waals surface area contributed by atoms with Crippen molar-refractivity contribution in [2.45, 2.75) is 79.2 Å². The van der Waals surface area contributed by atoms with Crippen molar-refractivity contribution in [3.8, 4) is 0 Å². The number of rotatable bonds is 1. The maximum absolute atomic E-state index is 10.1. The molecule has 2 aliphatic rings. The molecule has 0 aromatic rings. The summed E-state index contributed by atoms with van der Waals surface area (Å²) in [6.07, 6.45) is 10.9. The predicted octanol–water partition coefficient (Wildman–Crippen LogP) is 5.57. The molecule has 0 radical (unpaired) electrons. The lowest BCUT2D eigenvalue weighted by molar-refractivity contribution is 0.222. The Kier molecular flexibility index (Phi) is 5.14. The lowest BCUT2D eigenvalue weighted by Crippen LogP contribution is -2.15. The third-order valence-corrected chi connectivity index (χ3v) is 5.44. The third-order valence-electron chi connectivity index (χ3n) is 5.44. The Morgan fingerprint density at radius 1 is 1.14 bits per heavy atom. The van der Waals surface area contributed by atoms with Crippen molar-refractivity contribution in [2.75, 3.05) is 0 Å². The van der Waals surface area contributed by atoms with Crippen molar-refractivity contribution in [1.82, 2.24) is 0 Å². The molecule has 0 saturated heterocycles. The van der Waals surface area contributed by atoms with Crippen molar-refractivity contribution in [2.24, 2.45) is 11.3 Å². The molecule has 21 heavy (non-hydrogen) atoms. The van der Waals surface area contributed by atoms with Gasteiger partial charge in [0.1, 0.15) is 0 Å². The van der Waals surface area contributed by atoms with E-state index in [1.54, 1.807) is 11.1 Å². The van der Waals surface area contributed by atoms with E-state index in [0.29, 0.717) is 11.3 Å². The first-order valence-electron chi connectivity index (χ1n) is 8.55. The zero-order chi connectivity index (χ0) is 15.6. The van der Waals surface area contributed by atoms with Gasteiger partial charge in [0, 0.05) is 0 Å². The second-order valence-corrected chi connectivity index (χ2v) is 7.76. The van der Waals surface area contributed by atoms with Gasteiger partial charge in [0.25, 0.3) is 0 Å². The van der Waals surface area contributed by atoms with Gasteiger partial charge >= 0.3 is 0 Å². The van der Waals surface area contributed by atoms with Crippen LogP contribution in [0.4, 0.5) is 0 Å². The quantitative estimate of drug-likeness (QED) is 0.626. The summed E-state index contributed by atoms with van der Waals surface area (Å²) in [4.78, 5) is 0. The average molecular weight is 288 g/mol. The molecule has 0 unspecified atom stereocenters. The average Bonchev–Trinajstić information content (AvgIpc) is 2.70. The number of fused-ring (bicyclic) bond motifs is 1. The number of aliphatic hydroxyl groups excluding tert-OH is 1. The van der Waals surface area contributed by atoms with E-state index in [2.05, 4.69) is 46.8 Å². The van der Waals surface area contributed by atoms with E-state index in [4.69, 9.17) is 0 Å². The first-order chi connectivity index (χ1) is 9.82.